The number of aromatic nitrogens is 2. The lowest BCUT2D eigenvalue weighted by Crippen LogP contribution is -2.10. The fourth-order valence-corrected chi connectivity index (χ4v) is 2.14. The monoisotopic (exact) mass is 233 g/mol. The number of rotatable bonds is 0. The lowest BCUT2D eigenvalue weighted by atomic mass is 10.2. The van der Waals surface area contributed by atoms with Crippen LogP contribution in [-0.2, 0) is 17.9 Å². The Labute approximate surface area is 101 Å². The van der Waals surface area contributed by atoms with Crippen LogP contribution in [0.5, 0.6) is 0 Å². The highest BCUT2D eigenvalue weighted by molar-refractivity contribution is 5.81. The van der Waals surface area contributed by atoms with Gasteiger partial charge in [-0.3, -0.25) is 4.68 Å². The smallest absolute Gasteiger partial charge is 0.0927 e. The maximum atomic E-state index is 5.64. The maximum absolute atomic E-state index is 5.64. The molecule has 4 heteroatoms. The van der Waals surface area contributed by atoms with Crippen LogP contribution in [0.1, 0.15) is 12.6 Å². The van der Waals surface area contributed by atoms with Crippen LogP contribution in [0, 0.1) is 5.92 Å². The summed E-state index contributed by atoms with van der Waals surface area (Å²) in [4.78, 5) is 0. The van der Waals surface area contributed by atoms with Gasteiger partial charge in [0.15, 0.2) is 0 Å². The Balaban J connectivity index is 0.000000514. The van der Waals surface area contributed by atoms with Crippen LogP contribution in [-0.4, -0.2) is 23.4 Å². The summed E-state index contributed by atoms with van der Waals surface area (Å²) in [6, 6.07) is 8.26. The molecule has 0 spiro atoms. The van der Waals surface area contributed by atoms with Crippen molar-refractivity contribution in [1.82, 2.24) is 9.78 Å². The second-order valence-electron chi connectivity index (χ2n) is 4.27. The molecular formula is C13H19N3O. The molecule has 0 radical (unpaired) electrons. The van der Waals surface area contributed by atoms with Gasteiger partial charge in [-0.2, -0.15) is 5.10 Å². The van der Waals surface area contributed by atoms with E-state index in [0.29, 0.717) is 12.5 Å². The molecule has 2 N–H and O–H groups in total. The highest BCUT2D eigenvalue weighted by atomic mass is 16.5. The SMILES string of the molecule is CC1COCc2c3ccccc3nn2C1.CN. The molecule has 1 atom stereocenters. The summed E-state index contributed by atoms with van der Waals surface area (Å²) < 4.78 is 7.74. The molecule has 2 heterocycles. The maximum Gasteiger partial charge on any atom is 0.0927 e. The molecule has 4 nitrogen and oxygen atoms in total. The Kier molecular flexibility index (Phi) is 3.76. The van der Waals surface area contributed by atoms with Crippen molar-refractivity contribution in [1.29, 1.82) is 0 Å². The topological polar surface area (TPSA) is 53.1 Å². The van der Waals surface area contributed by atoms with Crippen LogP contribution in [0.3, 0.4) is 0 Å². The van der Waals surface area contributed by atoms with E-state index in [1.165, 1.54) is 18.1 Å². The molecule has 1 aromatic carbocycles. The minimum Gasteiger partial charge on any atom is -0.375 e. The molecule has 0 fully saturated rings. The van der Waals surface area contributed by atoms with Gasteiger partial charge in [0, 0.05) is 11.9 Å². The van der Waals surface area contributed by atoms with E-state index in [1.807, 2.05) is 6.07 Å². The van der Waals surface area contributed by atoms with Crippen molar-refractivity contribution >= 4 is 10.9 Å². The molecule has 0 saturated heterocycles. The molecule has 0 bridgehead atoms. The molecular weight excluding hydrogens is 214 g/mol. The minimum absolute atomic E-state index is 0.542. The Bertz CT molecular complexity index is 492. The van der Waals surface area contributed by atoms with E-state index in [-0.39, 0.29) is 0 Å². The third kappa shape index (κ3) is 2.33. The quantitative estimate of drug-likeness (QED) is 0.754. The summed E-state index contributed by atoms with van der Waals surface area (Å²) in [5.74, 6) is 0.542. The van der Waals surface area contributed by atoms with Gasteiger partial charge in [0.05, 0.1) is 24.4 Å². The van der Waals surface area contributed by atoms with Crippen molar-refractivity contribution in [3.8, 4) is 0 Å². The van der Waals surface area contributed by atoms with E-state index in [4.69, 9.17) is 4.74 Å². The van der Waals surface area contributed by atoms with Crippen LogP contribution in [0.15, 0.2) is 24.3 Å². The number of nitrogens with two attached hydrogens (primary N) is 1. The van der Waals surface area contributed by atoms with Crippen molar-refractivity contribution in [2.45, 2.75) is 20.1 Å². The highest BCUT2D eigenvalue weighted by Crippen LogP contribution is 2.22. The molecule has 0 saturated carbocycles. The predicted molar refractivity (Wildman–Crippen MR) is 68.7 cm³/mol. The fourth-order valence-electron chi connectivity index (χ4n) is 2.14. The van der Waals surface area contributed by atoms with Crippen LogP contribution in [0.4, 0.5) is 0 Å². The van der Waals surface area contributed by atoms with E-state index in [2.05, 4.69) is 40.6 Å². The molecule has 1 aliphatic heterocycles. The molecule has 0 amide bonds. The Morgan fingerprint density at radius 2 is 2.12 bits per heavy atom. The lowest BCUT2D eigenvalue weighted by Gasteiger charge is -2.05. The van der Waals surface area contributed by atoms with Gasteiger partial charge in [0.2, 0.25) is 0 Å². The van der Waals surface area contributed by atoms with Gasteiger partial charge in [-0.25, -0.2) is 0 Å². The first-order chi connectivity index (χ1) is 8.34. The number of hydrogen-bond donors (Lipinski definition) is 1. The van der Waals surface area contributed by atoms with E-state index in [0.717, 1.165) is 18.7 Å². The van der Waals surface area contributed by atoms with E-state index in [1.54, 1.807) is 0 Å². The number of fused-ring (bicyclic) bond motifs is 3. The molecule has 1 unspecified atom stereocenters. The number of benzene rings is 1. The summed E-state index contributed by atoms with van der Waals surface area (Å²) in [7, 11) is 1.50. The van der Waals surface area contributed by atoms with Gasteiger partial charge in [-0.15, -0.1) is 0 Å². The van der Waals surface area contributed by atoms with Gasteiger partial charge >= 0.3 is 0 Å². The number of nitrogens with zero attached hydrogens (tertiary/aromatic N) is 2. The minimum atomic E-state index is 0.542. The largest absolute Gasteiger partial charge is 0.375 e. The van der Waals surface area contributed by atoms with Crippen molar-refractivity contribution in [2.24, 2.45) is 11.7 Å². The van der Waals surface area contributed by atoms with Crippen molar-refractivity contribution in [3.63, 3.8) is 0 Å². The first kappa shape index (κ1) is 12.1. The summed E-state index contributed by atoms with van der Waals surface area (Å²) >= 11 is 0. The lowest BCUT2D eigenvalue weighted by molar-refractivity contribution is 0.101. The average molecular weight is 233 g/mol. The van der Waals surface area contributed by atoms with Crippen LogP contribution in [0.2, 0.25) is 0 Å². The third-order valence-electron chi connectivity index (χ3n) is 2.88. The van der Waals surface area contributed by atoms with Gasteiger partial charge in [-0.1, -0.05) is 25.1 Å². The molecule has 3 rings (SSSR count). The Hall–Kier alpha value is -1.39. The Morgan fingerprint density at radius 1 is 1.35 bits per heavy atom. The van der Waals surface area contributed by atoms with Crippen molar-refractivity contribution < 1.29 is 4.74 Å². The molecule has 2 aromatic rings. The zero-order chi connectivity index (χ0) is 12.3. The van der Waals surface area contributed by atoms with Crippen LogP contribution < -0.4 is 5.73 Å². The summed E-state index contributed by atoms with van der Waals surface area (Å²) in [6.07, 6.45) is 0. The van der Waals surface area contributed by atoms with Crippen molar-refractivity contribution in [3.05, 3.63) is 30.0 Å². The van der Waals surface area contributed by atoms with E-state index < -0.39 is 0 Å². The Morgan fingerprint density at radius 3 is 2.94 bits per heavy atom. The van der Waals surface area contributed by atoms with Crippen molar-refractivity contribution in [2.75, 3.05) is 13.7 Å². The first-order valence-electron chi connectivity index (χ1n) is 5.94. The predicted octanol–water partition coefficient (Wildman–Crippen LogP) is 1.78. The van der Waals surface area contributed by atoms with Gasteiger partial charge < -0.3 is 10.5 Å². The second kappa shape index (κ2) is 5.29. The number of hydrogen-bond acceptors (Lipinski definition) is 3. The average Bonchev–Trinajstić information content (AvgIpc) is 2.59. The number of ether oxygens (including phenoxy) is 1. The van der Waals surface area contributed by atoms with E-state index >= 15 is 0 Å². The summed E-state index contributed by atoms with van der Waals surface area (Å²) in [6.45, 7) is 4.67. The molecule has 1 aromatic heterocycles. The van der Waals surface area contributed by atoms with Crippen LogP contribution >= 0.6 is 0 Å². The second-order valence-corrected chi connectivity index (χ2v) is 4.27. The van der Waals surface area contributed by atoms with E-state index in [9.17, 15) is 0 Å². The molecule has 92 valence electrons. The summed E-state index contributed by atoms with van der Waals surface area (Å²) in [5.41, 5.74) is 6.79. The first-order valence-corrected chi connectivity index (χ1v) is 5.94. The molecule has 1 aliphatic rings. The normalized spacial score (nSPS) is 19.1. The molecule has 0 aliphatic carbocycles. The highest BCUT2D eigenvalue weighted by Gasteiger charge is 2.17. The zero-order valence-electron chi connectivity index (χ0n) is 10.4. The third-order valence-corrected chi connectivity index (χ3v) is 2.88. The molecule has 17 heavy (non-hydrogen) atoms. The summed E-state index contributed by atoms with van der Waals surface area (Å²) in [5, 5.41) is 5.83. The van der Waals surface area contributed by atoms with Gasteiger partial charge in [0.25, 0.3) is 0 Å². The fraction of sp³-hybridized carbons (Fsp3) is 0.462. The van der Waals surface area contributed by atoms with Gasteiger partial charge in [-0.05, 0) is 19.0 Å². The van der Waals surface area contributed by atoms with Crippen LogP contribution in [0.25, 0.3) is 10.9 Å². The standard InChI is InChI=1S/C12H14N2O.CH5N/c1-9-6-14-12(8-15-7-9)10-4-2-3-5-11(10)13-14;1-2/h2-5,9H,6-8H2,1H3;2H2,1H3. The zero-order valence-corrected chi connectivity index (χ0v) is 10.4. The van der Waals surface area contributed by atoms with Gasteiger partial charge in [0.1, 0.15) is 0 Å².